The normalized spacial score (nSPS) is 11.2. The number of hydrogen-bond donors (Lipinski definition) is 1. The first kappa shape index (κ1) is 20.5. The van der Waals surface area contributed by atoms with Gasteiger partial charge in [0.15, 0.2) is 22.2 Å². The van der Waals surface area contributed by atoms with Crippen LogP contribution in [-0.2, 0) is 0 Å². The van der Waals surface area contributed by atoms with E-state index in [1.54, 1.807) is 11.8 Å². The van der Waals surface area contributed by atoms with Crippen molar-refractivity contribution in [2.75, 3.05) is 11.9 Å². The van der Waals surface area contributed by atoms with Gasteiger partial charge in [-0.15, -0.1) is 23.1 Å². The second-order valence-corrected chi connectivity index (χ2v) is 9.41. The number of hydrogen-bond acceptors (Lipinski definition) is 6. The monoisotopic (exact) mass is 438 g/mol. The number of thiazole rings is 1. The van der Waals surface area contributed by atoms with Crippen LogP contribution in [0.15, 0.2) is 63.2 Å². The third-order valence-electron chi connectivity index (χ3n) is 4.25. The van der Waals surface area contributed by atoms with Crippen molar-refractivity contribution in [1.29, 1.82) is 0 Å². The Labute approximate surface area is 183 Å². The van der Waals surface area contributed by atoms with Gasteiger partial charge in [-0.3, -0.25) is 10.1 Å². The van der Waals surface area contributed by atoms with E-state index in [9.17, 15) is 4.79 Å². The molecule has 0 aliphatic carbocycles. The molecule has 4 rings (SSSR count). The van der Waals surface area contributed by atoms with Gasteiger partial charge in [-0.25, -0.2) is 4.98 Å². The number of aromatic nitrogens is 1. The number of nitrogens with zero attached hydrogens (tertiary/aromatic N) is 1. The molecule has 2 aromatic heterocycles. The Morgan fingerprint density at radius 2 is 2.07 bits per heavy atom. The first-order chi connectivity index (χ1) is 14.5. The fourth-order valence-corrected chi connectivity index (χ4v) is 4.62. The van der Waals surface area contributed by atoms with Crippen molar-refractivity contribution in [2.45, 2.75) is 30.9 Å². The maximum atomic E-state index is 12.7. The Hall–Kier alpha value is -2.77. The number of carbonyl (C=O) groups is 1. The molecule has 154 valence electrons. The number of carbonyl (C=O) groups excluding carboxylic acids is 1. The Morgan fingerprint density at radius 1 is 1.23 bits per heavy atom. The van der Waals surface area contributed by atoms with Gasteiger partial charge in [-0.05, 0) is 37.3 Å². The molecule has 7 heteroatoms. The van der Waals surface area contributed by atoms with Gasteiger partial charge in [0.2, 0.25) is 0 Å². The van der Waals surface area contributed by atoms with Crippen LogP contribution in [0.1, 0.15) is 31.1 Å². The molecule has 2 aromatic carbocycles. The topological polar surface area (TPSA) is 64.4 Å². The lowest BCUT2D eigenvalue weighted by atomic mass is 10.2. The third-order valence-corrected chi connectivity index (χ3v) is 6.01. The lowest BCUT2D eigenvalue weighted by Gasteiger charge is -2.07. The summed E-state index contributed by atoms with van der Waals surface area (Å²) < 4.78 is 11.6. The molecule has 2 heterocycles. The molecule has 0 unspecified atom stereocenters. The van der Waals surface area contributed by atoms with Crippen molar-refractivity contribution in [3.05, 3.63) is 59.5 Å². The average molecular weight is 439 g/mol. The predicted octanol–water partition coefficient (Wildman–Crippen LogP) is 6.71. The van der Waals surface area contributed by atoms with Crippen LogP contribution in [-0.4, -0.2) is 22.7 Å². The average Bonchev–Trinajstić information content (AvgIpc) is 3.35. The third kappa shape index (κ3) is 4.52. The number of benzene rings is 2. The number of fused-ring (bicyclic) bond motifs is 1. The number of para-hydroxylation sites is 1. The van der Waals surface area contributed by atoms with Crippen molar-refractivity contribution < 1.29 is 13.9 Å². The van der Waals surface area contributed by atoms with E-state index < -0.39 is 0 Å². The number of thioether (sulfide) groups is 1. The zero-order chi connectivity index (χ0) is 21.1. The molecule has 0 fully saturated rings. The first-order valence-electron chi connectivity index (χ1n) is 9.73. The Kier molecular flexibility index (Phi) is 6.11. The molecule has 30 heavy (non-hydrogen) atoms. The van der Waals surface area contributed by atoms with Crippen LogP contribution in [0.3, 0.4) is 0 Å². The minimum absolute atomic E-state index is 0.176. The van der Waals surface area contributed by atoms with Gasteiger partial charge in [0, 0.05) is 26.5 Å². The highest BCUT2D eigenvalue weighted by Gasteiger charge is 2.15. The molecule has 0 bridgehead atoms. The standard InChI is InChI=1S/C23H22N2O3S2/c1-4-27-19-10-6-7-15-12-20(28-21(15)19)18-13-29-23(24-18)25-22(26)16-8-5-9-17(11-16)30-14(2)3/h5-14H,4H2,1-3H3,(H,24,25,26). The van der Waals surface area contributed by atoms with Gasteiger partial charge in [-0.1, -0.05) is 32.0 Å². The second-order valence-electron chi connectivity index (χ2n) is 6.90. The van der Waals surface area contributed by atoms with Crippen LogP contribution >= 0.6 is 23.1 Å². The zero-order valence-electron chi connectivity index (χ0n) is 17.0. The summed E-state index contributed by atoms with van der Waals surface area (Å²) in [7, 11) is 0. The van der Waals surface area contributed by atoms with Crippen LogP contribution in [0, 0.1) is 0 Å². The molecule has 4 aromatic rings. The smallest absolute Gasteiger partial charge is 0.257 e. The summed E-state index contributed by atoms with van der Waals surface area (Å²) in [6, 6.07) is 15.4. The molecular formula is C23H22N2O3S2. The molecule has 0 radical (unpaired) electrons. The molecular weight excluding hydrogens is 416 g/mol. The molecule has 0 atom stereocenters. The van der Waals surface area contributed by atoms with Crippen LogP contribution in [0.4, 0.5) is 5.13 Å². The van der Waals surface area contributed by atoms with Crippen molar-refractivity contribution >= 4 is 45.1 Å². The van der Waals surface area contributed by atoms with E-state index in [-0.39, 0.29) is 5.91 Å². The van der Waals surface area contributed by atoms with Crippen LogP contribution in [0.5, 0.6) is 5.75 Å². The van der Waals surface area contributed by atoms with Crippen LogP contribution in [0.2, 0.25) is 0 Å². The number of anilines is 1. The second kappa shape index (κ2) is 8.93. The van der Waals surface area contributed by atoms with Gasteiger partial charge >= 0.3 is 0 Å². The van der Waals surface area contributed by atoms with E-state index in [0.29, 0.717) is 45.3 Å². The molecule has 0 aliphatic heterocycles. The van der Waals surface area contributed by atoms with Gasteiger partial charge < -0.3 is 9.15 Å². The fourth-order valence-electron chi connectivity index (χ4n) is 3.03. The summed E-state index contributed by atoms with van der Waals surface area (Å²) in [6.45, 7) is 6.77. The Morgan fingerprint density at radius 3 is 2.87 bits per heavy atom. The minimum Gasteiger partial charge on any atom is -0.490 e. The lowest BCUT2D eigenvalue weighted by molar-refractivity contribution is 0.102. The first-order valence-corrected chi connectivity index (χ1v) is 11.5. The summed E-state index contributed by atoms with van der Waals surface area (Å²) in [4.78, 5) is 18.3. The van der Waals surface area contributed by atoms with Crippen LogP contribution < -0.4 is 10.1 Å². The molecule has 0 spiro atoms. The number of furan rings is 1. The van der Waals surface area contributed by atoms with Gasteiger partial charge in [0.1, 0.15) is 5.69 Å². The molecule has 1 N–H and O–H groups in total. The molecule has 0 saturated carbocycles. The Bertz CT molecular complexity index is 1180. The number of rotatable bonds is 7. The predicted molar refractivity (Wildman–Crippen MR) is 124 cm³/mol. The van der Waals surface area contributed by atoms with Gasteiger partial charge in [-0.2, -0.15) is 0 Å². The Balaban J connectivity index is 1.53. The lowest BCUT2D eigenvalue weighted by Crippen LogP contribution is -2.11. The van der Waals surface area contributed by atoms with Gasteiger partial charge in [0.25, 0.3) is 5.91 Å². The van der Waals surface area contributed by atoms with Crippen molar-refractivity contribution in [3.8, 4) is 17.2 Å². The molecule has 1 amide bonds. The molecule has 0 aliphatic rings. The molecule has 5 nitrogen and oxygen atoms in total. The maximum Gasteiger partial charge on any atom is 0.257 e. The van der Waals surface area contributed by atoms with Crippen LogP contribution in [0.25, 0.3) is 22.4 Å². The maximum absolute atomic E-state index is 12.7. The number of nitrogens with one attached hydrogen (secondary N) is 1. The van der Waals surface area contributed by atoms with E-state index in [4.69, 9.17) is 9.15 Å². The summed E-state index contributed by atoms with van der Waals surface area (Å²) in [5.74, 6) is 1.18. The number of ether oxygens (including phenoxy) is 1. The van der Waals surface area contributed by atoms with Gasteiger partial charge in [0.05, 0.1) is 6.61 Å². The highest BCUT2D eigenvalue weighted by atomic mass is 32.2. The largest absolute Gasteiger partial charge is 0.490 e. The van der Waals surface area contributed by atoms with Crippen molar-refractivity contribution in [1.82, 2.24) is 4.98 Å². The quantitative estimate of drug-likeness (QED) is 0.325. The highest BCUT2D eigenvalue weighted by molar-refractivity contribution is 7.99. The molecule has 0 saturated heterocycles. The summed E-state index contributed by atoms with van der Waals surface area (Å²) >= 11 is 3.10. The fraction of sp³-hybridized carbons (Fsp3) is 0.217. The summed E-state index contributed by atoms with van der Waals surface area (Å²) in [5, 5.41) is 6.70. The van der Waals surface area contributed by atoms with Crippen molar-refractivity contribution in [3.63, 3.8) is 0 Å². The summed E-state index contributed by atoms with van der Waals surface area (Å²) in [5.41, 5.74) is 1.99. The van der Waals surface area contributed by atoms with E-state index in [2.05, 4.69) is 24.1 Å². The zero-order valence-corrected chi connectivity index (χ0v) is 18.6. The highest BCUT2D eigenvalue weighted by Crippen LogP contribution is 2.34. The van der Waals surface area contributed by atoms with E-state index >= 15 is 0 Å². The SMILES string of the molecule is CCOc1cccc2cc(-c3csc(NC(=O)c4cccc(SC(C)C)c4)n3)oc12. The van der Waals surface area contributed by atoms with Crippen molar-refractivity contribution in [2.24, 2.45) is 0 Å². The van der Waals surface area contributed by atoms with E-state index in [0.717, 1.165) is 10.3 Å². The van der Waals surface area contributed by atoms with E-state index in [1.165, 1.54) is 11.3 Å². The van der Waals surface area contributed by atoms with E-state index in [1.807, 2.05) is 60.8 Å². The number of amides is 1. The minimum atomic E-state index is -0.176. The summed E-state index contributed by atoms with van der Waals surface area (Å²) in [6.07, 6.45) is 0.